The van der Waals surface area contributed by atoms with Crippen molar-refractivity contribution in [1.29, 1.82) is 0 Å². The lowest BCUT2D eigenvalue weighted by atomic mass is 10.1. The SMILES string of the molecule is O=C1C[C@H](CNC2CSCCSC2)CN1C1CC1. The van der Waals surface area contributed by atoms with Crippen molar-refractivity contribution in [2.75, 3.05) is 36.1 Å². The van der Waals surface area contributed by atoms with Crippen LogP contribution in [0.5, 0.6) is 0 Å². The molecule has 2 saturated heterocycles. The summed E-state index contributed by atoms with van der Waals surface area (Å²) in [7, 11) is 0. The standard InChI is InChI=1S/C13H22N2OS2/c16-13-5-10(7-15(13)12-1-2-12)6-14-11-8-17-3-4-18-9-11/h10-12,14H,1-9H2/t10-/m1/s1. The lowest BCUT2D eigenvalue weighted by Crippen LogP contribution is -2.37. The molecule has 5 heteroatoms. The van der Waals surface area contributed by atoms with Gasteiger partial charge in [0.25, 0.3) is 0 Å². The molecular weight excluding hydrogens is 264 g/mol. The number of nitrogens with zero attached hydrogens (tertiary/aromatic N) is 1. The Morgan fingerprint density at radius 1 is 1.22 bits per heavy atom. The first-order valence-corrected chi connectivity index (χ1v) is 9.32. The van der Waals surface area contributed by atoms with E-state index < -0.39 is 0 Å². The summed E-state index contributed by atoms with van der Waals surface area (Å²) in [5.74, 6) is 6.01. The number of rotatable bonds is 4. The average molecular weight is 286 g/mol. The van der Waals surface area contributed by atoms with Crippen molar-refractivity contribution in [3.63, 3.8) is 0 Å². The molecule has 0 aromatic carbocycles. The Morgan fingerprint density at radius 2 is 1.94 bits per heavy atom. The van der Waals surface area contributed by atoms with E-state index in [1.54, 1.807) is 0 Å². The highest BCUT2D eigenvalue weighted by Gasteiger charge is 2.39. The predicted molar refractivity (Wildman–Crippen MR) is 79.3 cm³/mol. The second kappa shape index (κ2) is 6.06. The molecular formula is C13H22N2OS2. The highest BCUT2D eigenvalue weighted by Crippen LogP contribution is 2.32. The van der Waals surface area contributed by atoms with Crippen LogP contribution in [0.15, 0.2) is 0 Å². The Kier molecular flexibility index (Phi) is 4.42. The van der Waals surface area contributed by atoms with Gasteiger partial charge in [0.1, 0.15) is 0 Å². The molecule has 3 fully saturated rings. The molecule has 3 rings (SSSR count). The largest absolute Gasteiger partial charge is 0.339 e. The van der Waals surface area contributed by atoms with Gasteiger partial charge < -0.3 is 10.2 Å². The van der Waals surface area contributed by atoms with Crippen molar-refractivity contribution in [2.24, 2.45) is 5.92 Å². The summed E-state index contributed by atoms with van der Waals surface area (Å²) in [6, 6.07) is 1.25. The van der Waals surface area contributed by atoms with E-state index in [9.17, 15) is 4.79 Å². The molecule has 3 aliphatic rings. The molecule has 2 aliphatic heterocycles. The Balaban J connectivity index is 1.41. The molecule has 0 aromatic rings. The Labute approximate surface area is 118 Å². The molecule has 1 atom stereocenters. The van der Waals surface area contributed by atoms with E-state index >= 15 is 0 Å². The molecule has 18 heavy (non-hydrogen) atoms. The van der Waals surface area contributed by atoms with Crippen molar-refractivity contribution in [3.8, 4) is 0 Å². The van der Waals surface area contributed by atoms with E-state index in [-0.39, 0.29) is 0 Å². The third-order valence-corrected chi connectivity index (χ3v) is 6.45. The molecule has 102 valence electrons. The van der Waals surface area contributed by atoms with Crippen LogP contribution in [0, 0.1) is 5.92 Å². The minimum Gasteiger partial charge on any atom is -0.339 e. The van der Waals surface area contributed by atoms with Gasteiger partial charge in [-0.25, -0.2) is 0 Å². The highest BCUT2D eigenvalue weighted by molar-refractivity contribution is 8.03. The van der Waals surface area contributed by atoms with Gasteiger partial charge in [-0.05, 0) is 18.8 Å². The Morgan fingerprint density at radius 3 is 2.61 bits per heavy atom. The molecule has 0 bridgehead atoms. The van der Waals surface area contributed by atoms with E-state index in [1.807, 2.05) is 0 Å². The summed E-state index contributed by atoms with van der Waals surface area (Å²) in [6.07, 6.45) is 3.25. The fourth-order valence-corrected chi connectivity index (χ4v) is 5.22. The van der Waals surface area contributed by atoms with Crippen LogP contribution < -0.4 is 5.32 Å². The van der Waals surface area contributed by atoms with Crippen molar-refractivity contribution >= 4 is 29.4 Å². The summed E-state index contributed by atoms with van der Waals surface area (Å²) < 4.78 is 0. The monoisotopic (exact) mass is 286 g/mol. The number of thioether (sulfide) groups is 2. The number of carbonyl (C=O) groups is 1. The zero-order valence-electron chi connectivity index (χ0n) is 10.8. The van der Waals surface area contributed by atoms with Gasteiger partial charge in [0, 0.05) is 54.6 Å². The summed E-state index contributed by atoms with van der Waals surface area (Å²) in [6.45, 7) is 2.03. The third kappa shape index (κ3) is 3.36. The molecule has 2 heterocycles. The minimum atomic E-state index is 0.397. The van der Waals surface area contributed by atoms with E-state index in [0.717, 1.165) is 19.5 Å². The first-order chi connectivity index (χ1) is 8.83. The van der Waals surface area contributed by atoms with E-state index in [1.165, 1.54) is 35.9 Å². The summed E-state index contributed by atoms with van der Waals surface area (Å²) in [4.78, 5) is 14.0. The molecule has 1 saturated carbocycles. The van der Waals surface area contributed by atoms with Gasteiger partial charge in [-0.15, -0.1) is 0 Å². The van der Waals surface area contributed by atoms with Crippen LogP contribution >= 0.6 is 23.5 Å². The molecule has 0 unspecified atom stereocenters. The maximum atomic E-state index is 11.9. The average Bonchev–Trinajstić information content (AvgIpc) is 3.16. The zero-order chi connectivity index (χ0) is 12.4. The van der Waals surface area contributed by atoms with Crippen LogP contribution in [0.1, 0.15) is 19.3 Å². The maximum Gasteiger partial charge on any atom is 0.223 e. The quantitative estimate of drug-likeness (QED) is 0.847. The molecule has 1 aliphatic carbocycles. The van der Waals surface area contributed by atoms with Gasteiger partial charge >= 0.3 is 0 Å². The van der Waals surface area contributed by atoms with E-state index in [2.05, 4.69) is 33.7 Å². The fourth-order valence-electron chi connectivity index (χ4n) is 2.75. The van der Waals surface area contributed by atoms with Gasteiger partial charge in [-0.3, -0.25) is 4.79 Å². The number of hydrogen-bond acceptors (Lipinski definition) is 4. The molecule has 3 nitrogen and oxygen atoms in total. The molecule has 1 amide bonds. The highest BCUT2D eigenvalue weighted by atomic mass is 32.2. The Hall–Kier alpha value is 0.130. The zero-order valence-corrected chi connectivity index (χ0v) is 12.4. The van der Waals surface area contributed by atoms with Crippen LogP contribution in [0.25, 0.3) is 0 Å². The van der Waals surface area contributed by atoms with Crippen LogP contribution in [0.2, 0.25) is 0 Å². The second-order valence-electron chi connectivity index (χ2n) is 5.60. The number of likely N-dealkylation sites (tertiary alicyclic amines) is 1. The first-order valence-electron chi connectivity index (χ1n) is 7.01. The molecule has 0 aromatic heterocycles. The Bertz CT molecular complexity index is 301. The van der Waals surface area contributed by atoms with Crippen molar-refractivity contribution < 1.29 is 4.79 Å². The molecule has 0 radical (unpaired) electrons. The number of amides is 1. The van der Waals surface area contributed by atoms with Gasteiger partial charge in [0.2, 0.25) is 5.91 Å². The van der Waals surface area contributed by atoms with Gasteiger partial charge in [-0.2, -0.15) is 23.5 Å². The van der Waals surface area contributed by atoms with E-state index in [0.29, 0.717) is 23.9 Å². The normalized spacial score (nSPS) is 30.8. The maximum absolute atomic E-state index is 11.9. The summed E-state index contributed by atoms with van der Waals surface area (Å²) in [5, 5.41) is 3.68. The lowest BCUT2D eigenvalue weighted by molar-refractivity contribution is -0.128. The number of nitrogens with one attached hydrogen (secondary N) is 1. The third-order valence-electron chi connectivity index (χ3n) is 3.93. The van der Waals surface area contributed by atoms with Crippen LogP contribution in [0.3, 0.4) is 0 Å². The second-order valence-corrected chi connectivity index (χ2v) is 7.90. The molecule has 1 N–H and O–H groups in total. The van der Waals surface area contributed by atoms with E-state index in [4.69, 9.17) is 0 Å². The fraction of sp³-hybridized carbons (Fsp3) is 0.923. The van der Waals surface area contributed by atoms with Gasteiger partial charge in [0.05, 0.1) is 0 Å². The smallest absolute Gasteiger partial charge is 0.223 e. The number of carbonyl (C=O) groups excluding carboxylic acids is 1. The van der Waals surface area contributed by atoms with Crippen LogP contribution in [-0.2, 0) is 4.79 Å². The van der Waals surface area contributed by atoms with Gasteiger partial charge in [-0.1, -0.05) is 0 Å². The summed E-state index contributed by atoms with van der Waals surface area (Å²) >= 11 is 4.12. The van der Waals surface area contributed by atoms with Crippen molar-refractivity contribution in [2.45, 2.75) is 31.3 Å². The minimum absolute atomic E-state index is 0.397. The number of hydrogen-bond donors (Lipinski definition) is 1. The van der Waals surface area contributed by atoms with Crippen LogP contribution in [-0.4, -0.2) is 59.0 Å². The topological polar surface area (TPSA) is 32.3 Å². The summed E-state index contributed by atoms with van der Waals surface area (Å²) in [5.41, 5.74) is 0. The van der Waals surface area contributed by atoms with Crippen molar-refractivity contribution in [3.05, 3.63) is 0 Å². The van der Waals surface area contributed by atoms with Crippen LogP contribution in [0.4, 0.5) is 0 Å². The van der Waals surface area contributed by atoms with Crippen molar-refractivity contribution in [1.82, 2.24) is 10.2 Å². The van der Waals surface area contributed by atoms with Gasteiger partial charge in [0.15, 0.2) is 0 Å². The lowest BCUT2D eigenvalue weighted by Gasteiger charge is -2.19. The molecule has 0 spiro atoms. The predicted octanol–water partition coefficient (Wildman–Crippen LogP) is 1.44. The first kappa shape index (κ1) is 13.1.